The highest BCUT2D eigenvalue weighted by atomic mass is 35.5. The Kier molecular flexibility index (Phi) is 5.52. The van der Waals surface area contributed by atoms with E-state index in [-0.39, 0.29) is 0 Å². The molecule has 0 saturated carbocycles. The molecule has 0 bridgehead atoms. The third kappa shape index (κ3) is 4.01. The van der Waals surface area contributed by atoms with Crippen molar-refractivity contribution in [1.82, 2.24) is 14.9 Å². The molecule has 1 aromatic carbocycles. The topological polar surface area (TPSA) is 29.9 Å². The molecule has 0 aliphatic heterocycles. The van der Waals surface area contributed by atoms with E-state index in [9.17, 15) is 0 Å². The van der Waals surface area contributed by atoms with Gasteiger partial charge in [-0.15, -0.1) is 0 Å². The highest BCUT2D eigenvalue weighted by Crippen LogP contribution is 2.35. The van der Waals surface area contributed by atoms with Crippen LogP contribution in [-0.4, -0.2) is 16.1 Å². The molecule has 0 radical (unpaired) electrons. The summed E-state index contributed by atoms with van der Waals surface area (Å²) in [5.41, 5.74) is 1.21. The van der Waals surface area contributed by atoms with Crippen LogP contribution in [0.25, 0.3) is 0 Å². The maximum atomic E-state index is 6.35. The maximum absolute atomic E-state index is 6.35. The van der Waals surface area contributed by atoms with Gasteiger partial charge in [-0.2, -0.15) is 0 Å². The standard InChI is InChI=1S/C15H20ClN3S/c1-11(2)9-17-10-12-5-4-6-13(16)14(12)20-15-18-7-8-19(15)3/h4-8,11,17H,9-10H2,1-3H3. The lowest BCUT2D eigenvalue weighted by molar-refractivity contribution is 0.550. The average molecular weight is 310 g/mol. The minimum Gasteiger partial charge on any atom is -0.329 e. The predicted molar refractivity (Wildman–Crippen MR) is 85.3 cm³/mol. The maximum Gasteiger partial charge on any atom is 0.172 e. The number of nitrogens with zero attached hydrogens (tertiary/aromatic N) is 2. The van der Waals surface area contributed by atoms with Crippen molar-refractivity contribution in [3.05, 3.63) is 41.2 Å². The van der Waals surface area contributed by atoms with E-state index in [4.69, 9.17) is 11.6 Å². The van der Waals surface area contributed by atoms with E-state index in [0.717, 1.165) is 28.2 Å². The van der Waals surface area contributed by atoms with Gasteiger partial charge >= 0.3 is 0 Å². The van der Waals surface area contributed by atoms with Gasteiger partial charge < -0.3 is 9.88 Å². The molecule has 0 amide bonds. The summed E-state index contributed by atoms with van der Waals surface area (Å²) in [7, 11) is 1.99. The number of imidazole rings is 1. The highest BCUT2D eigenvalue weighted by molar-refractivity contribution is 7.99. The third-order valence-electron chi connectivity index (χ3n) is 2.89. The Hall–Kier alpha value is -0.970. The lowest BCUT2D eigenvalue weighted by atomic mass is 10.2. The second-order valence-electron chi connectivity index (χ2n) is 5.18. The highest BCUT2D eigenvalue weighted by Gasteiger charge is 2.11. The Morgan fingerprint density at radius 2 is 2.20 bits per heavy atom. The summed E-state index contributed by atoms with van der Waals surface area (Å²) in [6.07, 6.45) is 3.74. The molecule has 3 nitrogen and oxygen atoms in total. The van der Waals surface area contributed by atoms with Crippen molar-refractivity contribution >= 4 is 23.4 Å². The predicted octanol–water partition coefficient (Wildman–Crippen LogP) is 3.97. The zero-order valence-corrected chi connectivity index (χ0v) is 13.6. The molecule has 108 valence electrons. The van der Waals surface area contributed by atoms with Crippen LogP contribution in [0, 0.1) is 5.92 Å². The number of benzene rings is 1. The number of aromatic nitrogens is 2. The van der Waals surface area contributed by atoms with Gasteiger partial charge in [-0.3, -0.25) is 0 Å². The summed E-state index contributed by atoms with van der Waals surface area (Å²) in [5.74, 6) is 0.639. The van der Waals surface area contributed by atoms with Gasteiger partial charge in [0.25, 0.3) is 0 Å². The van der Waals surface area contributed by atoms with E-state index in [1.807, 2.05) is 29.9 Å². The SMILES string of the molecule is CC(C)CNCc1cccc(Cl)c1Sc1nccn1C. The van der Waals surface area contributed by atoms with Crippen molar-refractivity contribution in [3.63, 3.8) is 0 Å². The normalized spacial score (nSPS) is 11.2. The smallest absolute Gasteiger partial charge is 0.172 e. The van der Waals surface area contributed by atoms with Crippen molar-refractivity contribution in [2.75, 3.05) is 6.54 Å². The molecule has 0 saturated heterocycles. The quantitative estimate of drug-likeness (QED) is 0.875. The molecule has 2 aromatic rings. The summed E-state index contributed by atoms with van der Waals surface area (Å²) in [6, 6.07) is 6.04. The van der Waals surface area contributed by atoms with E-state index in [1.165, 1.54) is 5.56 Å². The first-order chi connectivity index (χ1) is 9.58. The lowest BCUT2D eigenvalue weighted by Crippen LogP contribution is -2.19. The van der Waals surface area contributed by atoms with Crippen LogP contribution in [0.1, 0.15) is 19.4 Å². The Morgan fingerprint density at radius 1 is 1.40 bits per heavy atom. The van der Waals surface area contributed by atoms with Gasteiger partial charge in [-0.05, 0) is 35.9 Å². The molecular weight excluding hydrogens is 290 g/mol. The average Bonchev–Trinajstić information content (AvgIpc) is 2.78. The molecule has 2 rings (SSSR count). The Labute approximate surface area is 129 Å². The van der Waals surface area contributed by atoms with Crippen molar-refractivity contribution in [3.8, 4) is 0 Å². The van der Waals surface area contributed by atoms with Crippen LogP contribution in [0.3, 0.4) is 0 Å². The van der Waals surface area contributed by atoms with Crippen molar-refractivity contribution in [2.45, 2.75) is 30.4 Å². The molecule has 5 heteroatoms. The molecule has 1 heterocycles. The fraction of sp³-hybridized carbons (Fsp3) is 0.400. The molecule has 0 spiro atoms. The summed E-state index contributed by atoms with van der Waals surface area (Å²) < 4.78 is 2.00. The van der Waals surface area contributed by atoms with Gasteiger partial charge in [-0.25, -0.2) is 4.98 Å². The van der Waals surface area contributed by atoms with E-state index in [2.05, 4.69) is 30.2 Å². The minimum absolute atomic E-state index is 0.639. The van der Waals surface area contributed by atoms with Crippen LogP contribution in [0.2, 0.25) is 5.02 Å². The van der Waals surface area contributed by atoms with E-state index < -0.39 is 0 Å². The molecule has 0 atom stereocenters. The molecule has 0 unspecified atom stereocenters. The molecule has 0 aliphatic rings. The first-order valence-electron chi connectivity index (χ1n) is 6.71. The number of aryl methyl sites for hydroxylation is 1. The van der Waals surface area contributed by atoms with Crippen molar-refractivity contribution < 1.29 is 0 Å². The van der Waals surface area contributed by atoms with E-state index >= 15 is 0 Å². The lowest BCUT2D eigenvalue weighted by Gasteiger charge is -2.13. The zero-order chi connectivity index (χ0) is 14.5. The number of halogens is 1. The molecule has 0 aliphatic carbocycles. The molecule has 1 N–H and O–H groups in total. The van der Waals surface area contributed by atoms with E-state index in [1.54, 1.807) is 18.0 Å². The second-order valence-corrected chi connectivity index (χ2v) is 6.56. The first kappa shape index (κ1) is 15.4. The summed E-state index contributed by atoms with van der Waals surface area (Å²) in [5, 5.41) is 5.19. The number of hydrogen-bond donors (Lipinski definition) is 1. The largest absolute Gasteiger partial charge is 0.329 e. The van der Waals surface area contributed by atoms with Gasteiger partial charge in [0, 0.05) is 30.9 Å². The van der Waals surface area contributed by atoms with Crippen LogP contribution in [0.4, 0.5) is 0 Å². The summed E-state index contributed by atoms with van der Waals surface area (Å²) in [6.45, 7) is 6.23. The monoisotopic (exact) mass is 309 g/mol. The van der Waals surface area contributed by atoms with Crippen LogP contribution in [0.15, 0.2) is 40.6 Å². The van der Waals surface area contributed by atoms with Gasteiger partial charge in [0.1, 0.15) is 0 Å². The van der Waals surface area contributed by atoms with Crippen LogP contribution in [0.5, 0.6) is 0 Å². The Balaban J connectivity index is 2.16. The van der Waals surface area contributed by atoms with Gasteiger partial charge in [-0.1, -0.05) is 37.6 Å². The molecule has 0 fully saturated rings. The number of rotatable bonds is 6. The fourth-order valence-electron chi connectivity index (χ4n) is 1.84. The molecule has 20 heavy (non-hydrogen) atoms. The van der Waals surface area contributed by atoms with Crippen molar-refractivity contribution in [2.24, 2.45) is 13.0 Å². The third-order valence-corrected chi connectivity index (χ3v) is 4.58. The number of nitrogens with one attached hydrogen (secondary N) is 1. The van der Waals surface area contributed by atoms with Crippen LogP contribution >= 0.6 is 23.4 Å². The fourth-order valence-corrected chi connectivity index (χ4v) is 3.09. The zero-order valence-electron chi connectivity index (χ0n) is 12.1. The molecular formula is C15H20ClN3S. The minimum atomic E-state index is 0.639. The van der Waals surface area contributed by atoms with Crippen molar-refractivity contribution in [1.29, 1.82) is 0 Å². The Bertz CT molecular complexity index is 566. The Morgan fingerprint density at radius 3 is 2.85 bits per heavy atom. The summed E-state index contributed by atoms with van der Waals surface area (Å²) >= 11 is 7.97. The summed E-state index contributed by atoms with van der Waals surface area (Å²) in [4.78, 5) is 5.43. The van der Waals surface area contributed by atoms with E-state index in [0.29, 0.717) is 5.92 Å². The molecule has 1 aromatic heterocycles. The number of hydrogen-bond acceptors (Lipinski definition) is 3. The first-order valence-corrected chi connectivity index (χ1v) is 7.90. The van der Waals surface area contributed by atoms with Gasteiger partial charge in [0.05, 0.1) is 5.02 Å². The van der Waals surface area contributed by atoms with Gasteiger partial charge in [0.2, 0.25) is 0 Å². The van der Waals surface area contributed by atoms with Crippen LogP contribution in [-0.2, 0) is 13.6 Å². The second kappa shape index (κ2) is 7.16. The van der Waals surface area contributed by atoms with Gasteiger partial charge in [0.15, 0.2) is 5.16 Å². The van der Waals surface area contributed by atoms with Crippen LogP contribution < -0.4 is 5.32 Å².